The molecule has 7 nitrogen and oxygen atoms in total. The van der Waals surface area contributed by atoms with Gasteiger partial charge in [0.25, 0.3) is 5.91 Å². The molecule has 2 heterocycles. The molecule has 2 aromatic rings. The van der Waals surface area contributed by atoms with Crippen LogP contribution in [0.5, 0.6) is 0 Å². The van der Waals surface area contributed by atoms with Crippen LogP contribution in [0.3, 0.4) is 0 Å². The number of hydrogen-bond donors (Lipinski definition) is 3. The summed E-state index contributed by atoms with van der Waals surface area (Å²) in [6.07, 6.45) is 5.00. The number of nitrogens with zero attached hydrogens (tertiary/aromatic N) is 3. The third-order valence-corrected chi connectivity index (χ3v) is 2.86. The predicted octanol–water partition coefficient (Wildman–Crippen LogP) is 0.973. The SMILES string of the molecule is CCCc1[nH]nc(C(=O)NCc2cnc(C)cn2)c1N. The number of anilines is 1. The Morgan fingerprint density at radius 3 is 2.85 bits per heavy atom. The quantitative estimate of drug-likeness (QED) is 0.752. The zero-order valence-corrected chi connectivity index (χ0v) is 11.6. The summed E-state index contributed by atoms with van der Waals surface area (Å²) in [5.74, 6) is -0.316. The number of carbonyl (C=O) groups is 1. The number of carbonyl (C=O) groups excluding carboxylic acids is 1. The van der Waals surface area contributed by atoms with Crippen molar-refractivity contribution in [3.8, 4) is 0 Å². The van der Waals surface area contributed by atoms with E-state index in [0.717, 1.165) is 24.2 Å². The molecule has 0 saturated carbocycles. The van der Waals surface area contributed by atoms with Crippen molar-refractivity contribution < 1.29 is 4.79 Å². The second-order valence-electron chi connectivity index (χ2n) is 4.55. The fourth-order valence-corrected chi connectivity index (χ4v) is 1.77. The highest BCUT2D eigenvalue weighted by Crippen LogP contribution is 2.15. The number of rotatable bonds is 5. The van der Waals surface area contributed by atoms with Crippen molar-refractivity contribution in [2.75, 3.05) is 5.73 Å². The topological polar surface area (TPSA) is 110 Å². The number of nitrogen functional groups attached to an aromatic ring is 1. The second kappa shape index (κ2) is 6.14. The molecule has 0 unspecified atom stereocenters. The zero-order chi connectivity index (χ0) is 14.5. The van der Waals surface area contributed by atoms with Crippen LogP contribution in [0.2, 0.25) is 0 Å². The Morgan fingerprint density at radius 2 is 2.20 bits per heavy atom. The van der Waals surface area contributed by atoms with Crippen LogP contribution in [-0.2, 0) is 13.0 Å². The van der Waals surface area contributed by atoms with Crippen LogP contribution in [-0.4, -0.2) is 26.1 Å². The van der Waals surface area contributed by atoms with Gasteiger partial charge < -0.3 is 11.1 Å². The monoisotopic (exact) mass is 274 g/mol. The molecular formula is C13H18N6O. The van der Waals surface area contributed by atoms with E-state index < -0.39 is 0 Å². The summed E-state index contributed by atoms with van der Waals surface area (Å²) in [4.78, 5) is 20.3. The highest BCUT2D eigenvalue weighted by molar-refractivity contribution is 5.97. The fraction of sp³-hybridized carbons (Fsp3) is 0.385. The van der Waals surface area contributed by atoms with E-state index in [4.69, 9.17) is 5.73 Å². The number of aromatic nitrogens is 4. The van der Waals surface area contributed by atoms with Crippen LogP contribution in [0.4, 0.5) is 5.69 Å². The Morgan fingerprint density at radius 1 is 1.40 bits per heavy atom. The van der Waals surface area contributed by atoms with Gasteiger partial charge in [0.05, 0.1) is 35.5 Å². The van der Waals surface area contributed by atoms with Gasteiger partial charge in [-0.3, -0.25) is 19.9 Å². The van der Waals surface area contributed by atoms with Crippen molar-refractivity contribution in [2.24, 2.45) is 0 Å². The molecule has 0 spiro atoms. The molecule has 0 radical (unpaired) electrons. The van der Waals surface area contributed by atoms with Gasteiger partial charge in [-0.2, -0.15) is 5.10 Å². The van der Waals surface area contributed by atoms with Gasteiger partial charge in [0.2, 0.25) is 0 Å². The number of aromatic amines is 1. The summed E-state index contributed by atoms with van der Waals surface area (Å²) in [5.41, 5.74) is 8.86. The molecule has 1 amide bonds. The number of amides is 1. The molecule has 0 fully saturated rings. The van der Waals surface area contributed by atoms with Gasteiger partial charge in [-0.1, -0.05) is 13.3 Å². The molecule has 0 aliphatic rings. The molecule has 106 valence electrons. The lowest BCUT2D eigenvalue weighted by Crippen LogP contribution is -2.24. The lowest BCUT2D eigenvalue weighted by molar-refractivity contribution is 0.0946. The smallest absolute Gasteiger partial charge is 0.274 e. The van der Waals surface area contributed by atoms with E-state index in [1.54, 1.807) is 12.4 Å². The van der Waals surface area contributed by atoms with E-state index in [-0.39, 0.29) is 11.6 Å². The fourth-order valence-electron chi connectivity index (χ4n) is 1.77. The second-order valence-corrected chi connectivity index (χ2v) is 4.55. The van der Waals surface area contributed by atoms with E-state index >= 15 is 0 Å². The zero-order valence-electron chi connectivity index (χ0n) is 11.6. The number of H-pyrrole nitrogens is 1. The molecular weight excluding hydrogens is 256 g/mol. The molecule has 4 N–H and O–H groups in total. The molecule has 2 rings (SSSR count). The predicted molar refractivity (Wildman–Crippen MR) is 74.9 cm³/mol. The highest BCUT2D eigenvalue weighted by Gasteiger charge is 2.16. The van der Waals surface area contributed by atoms with E-state index in [1.165, 1.54) is 0 Å². The normalized spacial score (nSPS) is 10.5. The minimum atomic E-state index is -0.316. The van der Waals surface area contributed by atoms with Crippen LogP contribution in [0.1, 0.15) is 40.9 Å². The molecule has 7 heteroatoms. The lowest BCUT2D eigenvalue weighted by Gasteiger charge is -2.03. The van der Waals surface area contributed by atoms with Crippen molar-refractivity contribution in [1.29, 1.82) is 0 Å². The Bertz CT molecular complexity index is 589. The Kier molecular flexibility index (Phi) is 4.29. The lowest BCUT2D eigenvalue weighted by atomic mass is 10.2. The standard InChI is InChI=1S/C13H18N6O/c1-3-4-10-11(14)12(19-18-10)13(20)17-7-9-6-15-8(2)5-16-9/h5-6H,3-4,7,14H2,1-2H3,(H,17,20)(H,18,19). The van der Waals surface area contributed by atoms with Gasteiger partial charge in [0, 0.05) is 6.20 Å². The van der Waals surface area contributed by atoms with Crippen LogP contribution in [0.15, 0.2) is 12.4 Å². The minimum Gasteiger partial charge on any atom is -0.395 e. The minimum absolute atomic E-state index is 0.230. The van der Waals surface area contributed by atoms with E-state index in [9.17, 15) is 4.79 Å². The first-order chi connectivity index (χ1) is 9.61. The van der Waals surface area contributed by atoms with Crippen molar-refractivity contribution >= 4 is 11.6 Å². The van der Waals surface area contributed by atoms with Crippen molar-refractivity contribution in [3.05, 3.63) is 35.2 Å². The van der Waals surface area contributed by atoms with E-state index in [1.807, 2.05) is 13.8 Å². The first-order valence-corrected chi connectivity index (χ1v) is 6.50. The maximum absolute atomic E-state index is 12.0. The van der Waals surface area contributed by atoms with Crippen LogP contribution >= 0.6 is 0 Å². The first kappa shape index (κ1) is 14.0. The summed E-state index contributed by atoms with van der Waals surface area (Å²) in [7, 11) is 0. The molecule has 0 aromatic carbocycles. The first-order valence-electron chi connectivity index (χ1n) is 6.50. The Labute approximate surface area is 117 Å². The van der Waals surface area contributed by atoms with Crippen molar-refractivity contribution in [2.45, 2.75) is 33.2 Å². The summed E-state index contributed by atoms with van der Waals surface area (Å²) >= 11 is 0. The van der Waals surface area contributed by atoms with Gasteiger partial charge in [0.15, 0.2) is 5.69 Å². The van der Waals surface area contributed by atoms with E-state index in [2.05, 4.69) is 25.5 Å². The summed E-state index contributed by atoms with van der Waals surface area (Å²) in [6, 6.07) is 0. The Balaban J connectivity index is 1.99. The van der Waals surface area contributed by atoms with Gasteiger partial charge >= 0.3 is 0 Å². The average molecular weight is 274 g/mol. The van der Waals surface area contributed by atoms with Gasteiger partial charge in [-0.05, 0) is 13.3 Å². The van der Waals surface area contributed by atoms with Gasteiger partial charge in [-0.25, -0.2) is 0 Å². The summed E-state index contributed by atoms with van der Waals surface area (Å²) < 4.78 is 0. The molecule has 0 bridgehead atoms. The van der Waals surface area contributed by atoms with E-state index in [0.29, 0.717) is 17.9 Å². The average Bonchev–Trinajstić information content (AvgIpc) is 2.80. The number of hydrogen-bond acceptors (Lipinski definition) is 5. The maximum Gasteiger partial charge on any atom is 0.274 e. The van der Waals surface area contributed by atoms with Crippen molar-refractivity contribution in [3.63, 3.8) is 0 Å². The third-order valence-electron chi connectivity index (χ3n) is 2.86. The van der Waals surface area contributed by atoms with Crippen LogP contribution in [0.25, 0.3) is 0 Å². The van der Waals surface area contributed by atoms with Gasteiger partial charge in [-0.15, -0.1) is 0 Å². The number of nitrogens with one attached hydrogen (secondary N) is 2. The summed E-state index contributed by atoms with van der Waals surface area (Å²) in [5, 5.41) is 9.49. The largest absolute Gasteiger partial charge is 0.395 e. The van der Waals surface area contributed by atoms with Crippen molar-refractivity contribution in [1.82, 2.24) is 25.5 Å². The van der Waals surface area contributed by atoms with Crippen LogP contribution in [0, 0.1) is 6.92 Å². The molecule has 0 saturated heterocycles. The Hall–Kier alpha value is -2.44. The van der Waals surface area contributed by atoms with Crippen LogP contribution < -0.4 is 11.1 Å². The molecule has 20 heavy (non-hydrogen) atoms. The molecule has 0 aliphatic heterocycles. The molecule has 2 aromatic heterocycles. The highest BCUT2D eigenvalue weighted by atomic mass is 16.1. The number of aryl methyl sites for hydroxylation is 2. The maximum atomic E-state index is 12.0. The molecule has 0 aliphatic carbocycles. The van der Waals surface area contributed by atoms with Gasteiger partial charge in [0.1, 0.15) is 0 Å². The third kappa shape index (κ3) is 3.11. The number of nitrogens with two attached hydrogens (primary N) is 1. The summed E-state index contributed by atoms with van der Waals surface area (Å²) in [6.45, 7) is 4.19. The molecule has 0 atom stereocenters.